The van der Waals surface area contributed by atoms with Crippen molar-refractivity contribution < 1.29 is 15.0 Å². The molecular formula is C11H12N2O3. The monoisotopic (exact) mass is 220 g/mol. The van der Waals surface area contributed by atoms with Crippen LogP contribution in [0.3, 0.4) is 0 Å². The standard InChI is InChI=1S/C11H12N2O3/c12-5-8-1-3-9(4-2-8)10(7-14)13-6-11(15)16/h1-4,10,13-14H,6-7H2,(H,15,16). The number of benzene rings is 1. The van der Waals surface area contributed by atoms with Gasteiger partial charge in [-0.1, -0.05) is 12.1 Å². The Morgan fingerprint density at radius 1 is 1.44 bits per heavy atom. The van der Waals surface area contributed by atoms with Gasteiger partial charge in [0.15, 0.2) is 0 Å². The van der Waals surface area contributed by atoms with Crippen molar-refractivity contribution in [3.8, 4) is 6.07 Å². The maximum atomic E-state index is 10.4. The number of aliphatic carboxylic acids is 1. The molecule has 84 valence electrons. The van der Waals surface area contributed by atoms with Crippen molar-refractivity contribution in [3.63, 3.8) is 0 Å². The first-order chi connectivity index (χ1) is 7.67. The molecule has 1 aromatic carbocycles. The molecule has 5 nitrogen and oxygen atoms in total. The van der Waals surface area contributed by atoms with E-state index in [1.165, 1.54) is 0 Å². The van der Waals surface area contributed by atoms with Crippen LogP contribution in [0.2, 0.25) is 0 Å². The molecule has 0 amide bonds. The Bertz CT molecular complexity index is 395. The molecule has 0 aliphatic carbocycles. The highest BCUT2D eigenvalue weighted by atomic mass is 16.4. The van der Waals surface area contributed by atoms with Crippen LogP contribution in [-0.4, -0.2) is 29.3 Å². The van der Waals surface area contributed by atoms with Crippen molar-refractivity contribution in [1.82, 2.24) is 5.32 Å². The number of carboxylic acids is 1. The van der Waals surface area contributed by atoms with Crippen molar-refractivity contribution in [1.29, 1.82) is 5.26 Å². The van der Waals surface area contributed by atoms with Gasteiger partial charge in [0.05, 0.1) is 30.8 Å². The smallest absolute Gasteiger partial charge is 0.317 e. The molecule has 1 unspecified atom stereocenters. The average Bonchev–Trinajstić information content (AvgIpc) is 2.30. The molecule has 0 spiro atoms. The minimum absolute atomic E-state index is 0.195. The molecule has 0 bridgehead atoms. The summed E-state index contributed by atoms with van der Waals surface area (Å²) in [5.74, 6) is -0.980. The summed E-state index contributed by atoms with van der Waals surface area (Å²) in [7, 11) is 0. The molecule has 0 aliphatic heterocycles. The first-order valence-electron chi connectivity index (χ1n) is 4.73. The van der Waals surface area contributed by atoms with Gasteiger partial charge in [0, 0.05) is 0 Å². The molecule has 0 aliphatic rings. The minimum Gasteiger partial charge on any atom is -0.480 e. The molecule has 1 aromatic rings. The summed E-state index contributed by atoms with van der Waals surface area (Å²) in [6, 6.07) is 8.19. The molecule has 0 heterocycles. The van der Waals surface area contributed by atoms with Crippen LogP contribution in [0, 0.1) is 11.3 Å². The largest absolute Gasteiger partial charge is 0.480 e. The van der Waals surface area contributed by atoms with E-state index in [1.54, 1.807) is 24.3 Å². The molecule has 1 atom stereocenters. The van der Waals surface area contributed by atoms with Gasteiger partial charge >= 0.3 is 5.97 Å². The Morgan fingerprint density at radius 3 is 2.50 bits per heavy atom. The van der Waals surface area contributed by atoms with E-state index in [4.69, 9.17) is 15.5 Å². The van der Waals surface area contributed by atoms with Gasteiger partial charge in [-0.3, -0.25) is 10.1 Å². The number of nitrogens with zero attached hydrogens (tertiary/aromatic N) is 1. The summed E-state index contributed by atoms with van der Waals surface area (Å²) in [5, 5.41) is 28.9. The molecule has 0 radical (unpaired) electrons. The highest BCUT2D eigenvalue weighted by molar-refractivity contribution is 5.69. The Labute approximate surface area is 92.9 Å². The second kappa shape index (κ2) is 5.85. The lowest BCUT2D eigenvalue weighted by Gasteiger charge is -2.15. The molecule has 0 aromatic heterocycles. The summed E-state index contributed by atoms with van der Waals surface area (Å²) in [6.07, 6.45) is 0. The normalized spacial score (nSPS) is 11.8. The molecule has 3 N–H and O–H groups in total. The third-order valence-corrected chi connectivity index (χ3v) is 2.12. The fourth-order valence-electron chi connectivity index (χ4n) is 1.29. The predicted octanol–water partition coefficient (Wildman–Crippen LogP) is 0.266. The number of rotatable bonds is 5. The zero-order valence-electron chi connectivity index (χ0n) is 8.55. The van der Waals surface area contributed by atoms with Crippen LogP contribution < -0.4 is 5.32 Å². The maximum Gasteiger partial charge on any atom is 0.317 e. The Morgan fingerprint density at radius 2 is 2.06 bits per heavy atom. The lowest BCUT2D eigenvalue weighted by molar-refractivity contribution is -0.136. The number of hydrogen-bond donors (Lipinski definition) is 3. The quantitative estimate of drug-likeness (QED) is 0.662. The van der Waals surface area contributed by atoms with E-state index >= 15 is 0 Å². The average molecular weight is 220 g/mol. The van der Waals surface area contributed by atoms with E-state index in [-0.39, 0.29) is 13.2 Å². The molecule has 1 rings (SSSR count). The second-order valence-electron chi connectivity index (χ2n) is 3.24. The highest BCUT2D eigenvalue weighted by Crippen LogP contribution is 2.12. The fourth-order valence-corrected chi connectivity index (χ4v) is 1.29. The second-order valence-corrected chi connectivity index (χ2v) is 3.24. The lowest BCUT2D eigenvalue weighted by Crippen LogP contribution is -2.29. The Balaban J connectivity index is 2.71. The van der Waals surface area contributed by atoms with Crippen molar-refractivity contribution in [2.45, 2.75) is 6.04 Å². The van der Waals surface area contributed by atoms with E-state index in [0.717, 1.165) is 5.56 Å². The zero-order chi connectivity index (χ0) is 12.0. The SMILES string of the molecule is N#Cc1ccc(C(CO)NCC(=O)O)cc1. The van der Waals surface area contributed by atoms with Crippen molar-refractivity contribution in [2.24, 2.45) is 0 Å². The van der Waals surface area contributed by atoms with Crippen LogP contribution in [0.1, 0.15) is 17.2 Å². The van der Waals surface area contributed by atoms with Gasteiger partial charge in [-0.25, -0.2) is 0 Å². The van der Waals surface area contributed by atoms with Gasteiger partial charge in [-0.05, 0) is 17.7 Å². The van der Waals surface area contributed by atoms with Gasteiger partial charge in [0.25, 0.3) is 0 Å². The summed E-state index contributed by atoms with van der Waals surface area (Å²) >= 11 is 0. The van der Waals surface area contributed by atoms with Crippen LogP contribution in [0.25, 0.3) is 0 Å². The number of carbonyl (C=O) groups is 1. The van der Waals surface area contributed by atoms with Crippen LogP contribution in [0.5, 0.6) is 0 Å². The lowest BCUT2D eigenvalue weighted by atomic mass is 10.1. The molecular weight excluding hydrogens is 208 g/mol. The van der Waals surface area contributed by atoms with Gasteiger partial charge in [-0.2, -0.15) is 5.26 Å². The number of aliphatic hydroxyl groups excluding tert-OH is 1. The first kappa shape index (κ1) is 12.2. The topological polar surface area (TPSA) is 93.4 Å². The zero-order valence-corrected chi connectivity index (χ0v) is 8.55. The van der Waals surface area contributed by atoms with Gasteiger partial charge in [0.2, 0.25) is 0 Å². The third kappa shape index (κ3) is 3.35. The van der Waals surface area contributed by atoms with Crippen LogP contribution >= 0.6 is 0 Å². The van der Waals surface area contributed by atoms with Gasteiger partial charge in [-0.15, -0.1) is 0 Å². The number of nitriles is 1. The minimum atomic E-state index is -0.980. The fraction of sp³-hybridized carbons (Fsp3) is 0.273. The van der Waals surface area contributed by atoms with Crippen molar-refractivity contribution in [2.75, 3.05) is 13.2 Å². The molecule has 16 heavy (non-hydrogen) atoms. The first-order valence-corrected chi connectivity index (χ1v) is 4.73. The van der Waals surface area contributed by atoms with E-state index in [2.05, 4.69) is 5.32 Å². The number of nitrogens with one attached hydrogen (secondary N) is 1. The summed E-state index contributed by atoms with van der Waals surface area (Å²) < 4.78 is 0. The van der Waals surface area contributed by atoms with E-state index < -0.39 is 12.0 Å². The third-order valence-electron chi connectivity index (χ3n) is 2.12. The summed E-state index contributed by atoms with van der Waals surface area (Å²) in [5.41, 5.74) is 1.28. The van der Waals surface area contributed by atoms with Crippen LogP contribution in [0.15, 0.2) is 24.3 Å². The number of aliphatic hydroxyl groups is 1. The Hall–Kier alpha value is -1.90. The van der Waals surface area contributed by atoms with Gasteiger partial charge in [0.1, 0.15) is 0 Å². The highest BCUT2D eigenvalue weighted by Gasteiger charge is 2.10. The number of hydrogen-bond acceptors (Lipinski definition) is 4. The van der Waals surface area contributed by atoms with E-state index in [9.17, 15) is 4.79 Å². The van der Waals surface area contributed by atoms with Gasteiger partial charge < -0.3 is 10.2 Å². The number of carboxylic acid groups (broad SMARTS) is 1. The van der Waals surface area contributed by atoms with Crippen molar-refractivity contribution in [3.05, 3.63) is 35.4 Å². The molecule has 0 saturated carbocycles. The van der Waals surface area contributed by atoms with Crippen molar-refractivity contribution >= 4 is 5.97 Å². The predicted molar refractivity (Wildman–Crippen MR) is 56.6 cm³/mol. The van der Waals surface area contributed by atoms with Crippen LogP contribution in [0.4, 0.5) is 0 Å². The maximum absolute atomic E-state index is 10.4. The van der Waals surface area contributed by atoms with Crippen LogP contribution in [-0.2, 0) is 4.79 Å². The molecule has 0 saturated heterocycles. The Kier molecular flexibility index (Phi) is 4.45. The molecule has 5 heteroatoms. The summed E-state index contributed by atoms with van der Waals surface area (Å²) in [4.78, 5) is 10.4. The van der Waals surface area contributed by atoms with E-state index in [1.807, 2.05) is 6.07 Å². The summed E-state index contributed by atoms with van der Waals surface area (Å²) in [6.45, 7) is -0.412. The molecule has 0 fully saturated rings. The van der Waals surface area contributed by atoms with E-state index in [0.29, 0.717) is 5.56 Å².